The van der Waals surface area contributed by atoms with E-state index in [9.17, 15) is 9.50 Å². The van der Waals surface area contributed by atoms with Gasteiger partial charge < -0.3 is 5.11 Å². The SMILES string of the molecule is CCc1ccc(CC(O)CSc2ccccc2F)s1. The van der Waals surface area contributed by atoms with Gasteiger partial charge >= 0.3 is 0 Å². The van der Waals surface area contributed by atoms with Crippen LogP contribution in [0, 0.1) is 5.82 Å². The van der Waals surface area contributed by atoms with E-state index in [-0.39, 0.29) is 5.82 Å². The fraction of sp³-hybridized carbons (Fsp3) is 0.333. The second kappa shape index (κ2) is 7.08. The molecule has 2 aromatic rings. The number of rotatable bonds is 6. The molecule has 102 valence electrons. The largest absolute Gasteiger partial charge is 0.392 e. The van der Waals surface area contributed by atoms with E-state index >= 15 is 0 Å². The molecular formula is C15H17FOS2. The van der Waals surface area contributed by atoms with E-state index in [4.69, 9.17) is 0 Å². The zero-order valence-electron chi connectivity index (χ0n) is 10.8. The Bertz CT molecular complexity index is 524. The fourth-order valence-electron chi connectivity index (χ4n) is 1.76. The average molecular weight is 296 g/mol. The first kappa shape index (κ1) is 14.6. The second-order valence-electron chi connectivity index (χ2n) is 4.32. The Kier molecular flexibility index (Phi) is 5.43. The molecule has 0 spiro atoms. The molecule has 1 heterocycles. The summed E-state index contributed by atoms with van der Waals surface area (Å²) in [5.74, 6) is 0.296. The number of thioether (sulfide) groups is 1. The lowest BCUT2D eigenvalue weighted by Gasteiger charge is -2.09. The third-order valence-corrected chi connectivity index (χ3v) is 5.22. The van der Waals surface area contributed by atoms with Gasteiger partial charge in [0.05, 0.1) is 6.10 Å². The molecule has 1 N–H and O–H groups in total. The first-order valence-electron chi connectivity index (χ1n) is 6.32. The summed E-state index contributed by atoms with van der Waals surface area (Å²) in [5.41, 5.74) is 0. The highest BCUT2D eigenvalue weighted by Gasteiger charge is 2.10. The van der Waals surface area contributed by atoms with Crippen molar-refractivity contribution in [3.05, 3.63) is 52.0 Å². The first-order chi connectivity index (χ1) is 9.19. The third kappa shape index (κ3) is 4.34. The van der Waals surface area contributed by atoms with E-state index in [1.54, 1.807) is 23.5 Å². The predicted octanol–water partition coefficient (Wildman–Crippen LogP) is 4.15. The van der Waals surface area contributed by atoms with Gasteiger partial charge in [-0.15, -0.1) is 23.1 Å². The van der Waals surface area contributed by atoms with Crippen LogP contribution in [0.25, 0.3) is 0 Å². The molecule has 19 heavy (non-hydrogen) atoms. The van der Waals surface area contributed by atoms with Gasteiger partial charge in [-0.1, -0.05) is 19.1 Å². The van der Waals surface area contributed by atoms with Crippen molar-refractivity contribution < 1.29 is 9.50 Å². The van der Waals surface area contributed by atoms with Crippen LogP contribution in [0.15, 0.2) is 41.3 Å². The number of aliphatic hydroxyl groups is 1. The summed E-state index contributed by atoms with van der Waals surface area (Å²) >= 11 is 3.11. The second-order valence-corrected chi connectivity index (χ2v) is 6.64. The lowest BCUT2D eigenvalue weighted by atomic mass is 10.2. The van der Waals surface area contributed by atoms with Gasteiger partial charge in [0.25, 0.3) is 0 Å². The molecule has 0 aliphatic carbocycles. The van der Waals surface area contributed by atoms with Crippen LogP contribution in [0.4, 0.5) is 4.39 Å². The Labute approximate surface area is 121 Å². The number of halogens is 1. The van der Waals surface area contributed by atoms with Gasteiger partial charge in [-0.05, 0) is 30.7 Å². The van der Waals surface area contributed by atoms with Crippen LogP contribution in [0.5, 0.6) is 0 Å². The number of thiophene rings is 1. The summed E-state index contributed by atoms with van der Waals surface area (Å²) in [6, 6.07) is 10.9. The Balaban J connectivity index is 1.84. The molecule has 1 aromatic carbocycles. The molecule has 0 aliphatic heterocycles. The Morgan fingerprint density at radius 3 is 2.63 bits per heavy atom. The molecular weight excluding hydrogens is 279 g/mol. The average Bonchev–Trinajstić information content (AvgIpc) is 2.85. The summed E-state index contributed by atoms with van der Waals surface area (Å²) in [6.45, 7) is 2.13. The maximum atomic E-state index is 13.4. The topological polar surface area (TPSA) is 20.2 Å². The van der Waals surface area contributed by atoms with Crippen LogP contribution >= 0.6 is 23.1 Å². The molecule has 0 saturated heterocycles. The number of aryl methyl sites for hydroxylation is 1. The lowest BCUT2D eigenvalue weighted by Crippen LogP contribution is -2.12. The summed E-state index contributed by atoms with van der Waals surface area (Å²) in [4.78, 5) is 3.13. The minimum absolute atomic E-state index is 0.218. The molecule has 4 heteroatoms. The van der Waals surface area contributed by atoms with Gasteiger partial charge in [0.15, 0.2) is 0 Å². The van der Waals surface area contributed by atoms with E-state index in [1.165, 1.54) is 27.6 Å². The van der Waals surface area contributed by atoms with Gasteiger partial charge in [-0.25, -0.2) is 4.39 Å². The van der Waals surface area contributed by atoms with Crippen LogP contribution in [0.1, 0.15) is 16.7 Å². The molecule has 1 atom stereocenters. The number of aliphatic hydroxyl groups excluding tert-OH is 1. The quantitative estimate of drug-likeness (QED) is 0.808. The van der Waals surface area contributed by atoms with Crippen molar-refractivity contribution in [3.8, 4) is 0 Å². The van der Waals surface area contributed by atoms with Crippen molar-refractivity contribution in [1.82, 2.24) is 0 Å². The number of benzene rings is 1. The maximum Gasteiger partial charge on any atom is 0.136 e. The molecule has 1 nitrogen and oxygen atoms in total. The van der Waals surface area contributed by atoms with Crippen molar-refractivity contribution in [2.24, 2.45) is 0 Å². The van der Waals surface area contributed by atoms with E-state index in [1.807, 2.05) is 6.07 Å². The number of hydrogen-bond acceptors (Lipinski definition) is 3. The van der Waals surface area contributed by atoms with Crippen LogP contribution in [-0.2, 0) is 12.8 Å². The van der Waals surface area contributed by atoms with Gasteiger partial charge in [-0.3, -0.25) is 0 Å². The highest BCUT2D eigenvalue weighted by molar-refractivity contribution is 7.99. The Hall–Kier alpha value is -0.840. The lowest BCUT2D eigenvalue weighted by molar-refractivity contribution is 0.201. The van der Waals surface area contributed by atoms with Gasteiger partial charge in [0, 0.05) is 26.8 Å². The highest BCUT2D eigenvalue weighted by atomic mass is 32.2. The molecule has 0 fully saturated rings. The minimum Gasteiger partial charge on any atom is -0.392 e. The summed E-state index contributed by atoms with van der Waals surface area (Å²) in [6.07, 6.45) is 1.24. The van der Waals surface area contributed by atoms with Crippen molar-refractivity contribution in [1.29, 1.82) is 0 Å². The van der Waals surface area contributed by atoms with Crippen LogP contribution in [0.3, 0.4) is 0 Å². The molecule has 2 rings (SSSR count). The van der Waals surface area contributed by atoms with Gasteiger partial charge in [0.1, 0.15) is 5.82 Å². The monoisotopic (exact) mass is 296 g/mol. The van der Waals surface area contributed by atoms with Crippen LogP contribution < -0.4 is 0 Å². The molecule has 0 aliphatic rings. The third-order valence-electron chi connectivity index (χ3n) is 2.77. The van der Waals surface area contributed by atoms with E-state index in [2.05, 4.69) is 19.1 Å². The normalized spacial score (nSPS) is 12.6. The molecule has 0 saturated carbocycles. The molecule has 1 unspecified atom stereocenters. The maximum absolute atomic E-state index is 13.4. The van der Waals surface area contributed by atoms with Crippen molar-refractivity contribution >= 4 is 23.1 Å². The summed E-state index contributed by atoms with van der Waals surface area (Å²) in [5, 5.41) is 10.0. The molecule has 0 radical (unpaired) electrons. The highest BCUT2D eigenvalue weighted by Crippen LogP contribution is 2.24. The number of hydrogen-bond donors (Lipinski definition) is 1. The minimum atomic E-state index is -0.437. The molecule has 0 amide bonds. The standard InChI is InChI=1S/C15H17FOS2/c1-2-12-7-8-13(19-12)9-11(17)10-18-15-6-4-3-5-14(15)16/h3-8,11,17H,2,9-10H2,1H3. The Morgan fingerprint density at radius 2 is 1.95 bits per heavy atom. The first-order valence-corrected chi connectivity index (χ1v) is 8.12. The van der Waals surface area contributed by atoms with E-state index < -0.39 is 6.10 Å². The van der Waals surface area contributed by atoms with Crippen LogP contribution in [0.2, 0.25) is 0 Å². The zero-order valence-corrected chi connectivity index (χ0v) is 12.4. The zero-order chi connectivity index (χ0) is 13.7. The Morgan fingerprint density at radius 1 is 1.21 bits per heavy atom. The fourth-order valence-corrected chi connectivity index (χ4v) is 3.66. The smallest absolute Gasteiger partial charge is 0.136 e. The summed E-state index contributed by atoms with van der Waals surface area (Å²) in [7, 11) is 0. The van der Waals surface area contributed by atoms with Gasteiger partial charge in [0.2, 0.25) is 0 Å². The van der Waals surface area contributed by atoms with Crippen molar-refractivity contribution in [3.63, 3.8) is 0 Å². The molecule has 1 aromatic heterocycles. The van der Waals surface area contributed by atoms with Crippen LogP contribution in [-0.4, -0.2) is 17.0 Å². The van der Waals surface area contributed by atoms with Crippen molar-refractivity contribution in [2.45, 2.75) is 30.8 Å². The van der Waals surface area contributed by atoms with Crippen molar-refractivity contribution in [2.75, 3.05) is 5.75 Å². The van der Waals surface area contributed by atoms with Gasteiger partial charge in [-0.2, -0.15) is 0 Å². The predicted molar refractivity (Wildman–Crippen MR) is 80.5 cm³/mol. The van der Waals surface area contributed by atoms with E-state index in [0.29, 0.717) is 17.1 Å². The molecule has 0 bridgehead atoms. The summed E-state index contributed by atoms with van der Waals surface area (Å²) < 4.78 is 13.4. The van der Waals surface area contributed by atoms with E-state index in [0.717, 1.165) is 6.42 Å².